The number of aliphatic imine (C=N–C) groups is 1. The Hall–Kier alpha value is -2.41. The number of amides is 1. The molecule has 2 aromatic rings. The quantitative estimate of drug-likeness (QED) is 0.455. The van der Waals surface area contributed by atoms with E-state index in [4.69, 9.17) is 0 Å². The van der Waals surface area contributed by atoms with Gasteiger partial charge in [0.2, 0.25) is 0 Å². The molecule has 0 bridgehead atoms. The highest BCUT2D eigenvalue weighted by Gasteiger charge is 2.15. The monoisotopic (exact) mass is 415 g/mol. The summed E-state index contributed by atoms with van der Waals surface area (Å²) in [5.74, 6) is 0.701. The average Bonchev–Trinajstić information content (AvgIpc) is 3.13. The van der Waals surface area contributed by atoms with Crippen LogP contribution in [-0.4, -0.2) is 35.5 Å². The number of carbonyl (C=O) groups excluding carboxylic acids is 1. The number of carbonyl (C=O) groups is 1. The van der Waals surface area contributed by atoms with Gasteiger partial charge in [-0.3, -0.25) is 4.79 Å². The van der Waals surface area contributed by atoms with Crippen LogP contribution in [0.1, 0.15) is 60.4 Å². The van der Waals surface area contributed by atoms with Gasteiger partial charge in [-0.1, -0.05) is 19.1 Å². The second-order valence-corrected chi connectivity index (χ2v) is 9.05. The van der Waals surface area contributed by atoms with Crippen LogP contribution in [-0.2, 0) is 19.4 Å². The van der Waals surface area contributed by atoms with Crippen molar-refractivity contribution in [1.29, 1.82) is 0 Å². The Balaban J connectivity index is 1.94. The topological polar surface area (TPSA) is 78.4 Å². The van der Waals surface area contributed by atoms with E-state index >= 15 is 0 Å². The first kappa shape index (κ1) is 22.9. The Morgan fingerprint density at radius 3 is 2.66 bits per heavy atom. The minimum absolute atomic E-state index is 0.0664. The Kier molecular flexibility index (Phi) is 8.64. The van der Waals surface area contributed by atoms with Crippen LogP contribution in [0.2, 0.25) is 0 Å². The molecule has 0 saturated heterocycles. The van der Waals surface area contributed by atoms with Crippen LogP contribution < -0.4 is 16.0 Å². The maximum absolute atomic E-state index is 12.4. The van der Waals surface area contributed by atoms with E-state index in [2.05, 4.69) is 32.9 Å². The number of hydrogen-bond donors (Lipinski definition) is 3. The maximum atomic E-state index is 12.4. The first-order valence-corrected chi connectivity index (χ1v) is 11.0. The van der Waals surface area contributed by atoms with Gasteiger partial charge in [0.1, 0.15) is 0 Å². The molecule has 0 spiro atoms. The van der Waals surface area contributed by atoms with Gasteiger partial charge in [-0.2, -0.15) is 0 Å². The lowest BCUT2D eigenvalue weighted by atomic mass is 10.1. The van der Waals surface area contributed by atoms with Crippen LogP contribution in [0.25, 0.3) is 0 Å². The van der Waals surface area contributed by atoms with Crippen molar-refractivity contribution < 1.29 is 4.79 Å². The zero-order valence-corrected chi connectivity index (χ0v) is 18.9. The molecule has 0 unspecified atom stereocenters. The Morgan fingerprint density at radius 2 is 2.00 bits per heavy atom. The molecule has 0 fully saturated rings. The van der Waals surface area contributed by atoms with E-state index in [1.807, 2.05) is 58.2 Å². The van der Waals surface area contributed by atoms with Crippen LogP contribution in [0.5, 0.6) is 0 Å². The van der Waals surface area contributed by atoms with Crippen LogP contribution in [0, 0.1) is 0 Å². The molecule has 0 atom stereocenters. The highest BCUT2D eigenvalue weighted by molar-refractivity contribution is 7.11. The SMILES string of the molecule is CCNC(=NCc1cccc(C(=O)NC(C)(C)C)c1)NCCc1ncc(CC)s1. The van der Waals surface area contributed by atoms with E-state index in [1.165, 1.54) is 4.88 Å². The van der Waals surface area contributed by atoms with Gasteiger partial charge in [0, 0.05) is 41.7 Å². The number of thiazole rings is 1. The summed E-state index contributed by atoms with van der Waals surface area (Å²) in [6.45, 7) is 12.2. The van der Waals surface area contributed by atoms with E-state index < -0.39 is 0 Å². The van der Waals surface area contributed by atoms with E-state index in [1.54, 1.807) is 11.3 Å². The third-order valence-electron chi connectivity index (χ3n) is 4.02. The third kappa shape index (κ3) is 8.23. The smallest absolute Gasteiger partial charge is 0.251 e. The molecule has 29 heavy (non-hydrogen) atoms. The lowest BCUT2D eigenvalue weighted by molar-refractivity contribution is 0.0919. The van der Waals surface area contributed by atoms with Crippen LogP contribution in [0.3, 0.4) is 0 Å². The number of aromatic nitrogens is 1. The largest absolute Gasteiger partial charge is 0.357 e. The van der Waals surface area contributed by atoms with Gasteiger partial charge in [0.25, 0.3) is 5.91 Å². The van der Waals surface area contributed by atoms with E-state index in [9.17, 15) is 4.79 Å². The fourth-order valence-corrected chi connectivity index (χ4v) is 3.51. The lowest BCUT2D eigenvalue weighted by Crippen LogP contribution is -2.40. The van der Waals surface area contributed by atoms with E-state index in [-0.39, 0.29) is 11.4 Å². The van der Waals surface area contributed by atoms with Gasteiger partial charge >= 0.3 is 0 Å². The summed E-state index contributed by atoms with van der Waals surface area (Å²) in [6.07, 6.45) is 3.86. The van der Waals surface area contributed by atoms with Gasteiger partial charge in [-0.25, -0.2) is 9.98 Å². The summed E-state index contributed by atoms with van der Waals surface area (Å²) < 4.78 is 0. The minimum Gasteiger partial charge on any atom is -0.357 e. The molecule has 1 amide bonds. The molecule has 0 radical (unpaired) electrons. The van der Waals surface area contributed by atoms with Crippen molar-refractivity contribution in [3.63, 3.8) is 0 Å². The molecule has 0 aliphatic carbocycles. The predicted molar refractivity (Wildman–Crippen MR) is 122 cm³/mol. The van der Waals surface area contributed by atoms with Gasteiger partial charge < -0.3 is 16.0 Å². The zero-order chi connectivity index (χ0) is 21.3. The molecule has 6 nitrogen and oxygen atoms in total. The predicted octanol–water partition coefficient (Wildman–Crippen LogP) is 3.53. The standard InChI is InChI=1S/C22H33N5OS/c1-6-18-15-25-19(29-18)11-12-24-21(23-7-2)26-14-16-9-8-10-17(13-16)20(28)27-22(3,4)5/h8-10,13,15H,6-7,11-12,14H2,1-5H3,(H,27,28)(H2,23,24,26). The third-order valence-corrected chi connectivity index (χ3v) is 5.22. The Labute approximate surface area is 178 Å². The van der Waals surface area contributed by atoms with Crippen molar-refractivity contribution in [2.24, 2.45) is 4.99 Å². The molecule has 0 saturated carbocycles. The average molecular weight is 416 g/mol. The molecule has 3 N–H and O–H groups in total. The zero-order valence-electron chi connectivity index (χ0n) is 18.1. The maximum Gasteiger partial charge on any atom is 0.251 e. The van der Waals surface area contributed by atoms with Crippen molar-refractivity contribution in [2.45, 2.75) is 59.5 Å². The lowest BCUT2D eigenvalue weighted by Gasteiger charge is -2.20. The van der Waals surface area contributed by atoms with Gasteiger partial charge in [0.05, 0.1) is 11.6 Å². The fraction of sp³-hybridized carbons (Fsp3) is 0.500. The van der Waals surface area contributed by atoms with Crippen molar-refractivity contribution in [2.75, 3.05) is 13.1 Å². The van der Waals surface area contributed by atoms with E-state index in [0.29, 0.717) is 12.1 Å². The number of guanidine groups is 1. The van der Waals surface area contributed by atoms with Crippen molar-refractivity contribution in [3.05, 3.63) is 51.5 Å². The van der Waals surface area contributed by atoms with E-state index in [0.717, 1.165) is 42.5 Å². The van der Waals surface area contributed by atoms with Crippen LogP contribution in [0.15, 0.2) is 35.5 Å². The van der Waals surface area contributed by atoms with Crippen molar-refractivity contribution in [3.8, 4) is 0 Å². The molecular weight excluding hydrogens is 382 g/mol. The molecule has 158 valence electrons. The second-order valence-electron chi connectivity index (χ2n) is 7.85. The highest BCUT2D eigenvalue weighted by Crippen LogP contribution is 2.13. The first-order chi connectivity index (χ1) is 13.8. The summed E-state index contributed by atoms with van der Waals surface area (Å²) in [7, 11) is 0. The van der Waals surface area contributed by atoms with Gasteiger partial charge in [-0.15, -0.1) is 11.3 Å². The normalized spacial score (nSPS) is 12.0. The molecule has 0 aliphatic rings. The molecule has 1 aromatic carbocycles. The van der Waals surface area contributed by atoms with Crippen molar-refractivity contribution in [1.82, 2.24) is 20.9 Å². The summed E-state index contributed by atoms with van der Waals surface area (Å²) in [5, 5.41) is 10.8. The Morgan fingerprint density at radius 1 is 1.21 bits per heavy atom. The summed E-state index contributed by atoms with van der Waals surface area (Å²) in [4.78, 5) is 22.8. The molecular formula is C22H33N5OS. The van der Waals surface area contributed by atoms with Crippen molar-refractivity contribution >= 4 is 23.2 Å². The summed E-state index contributed by atoms with van der Waals surface area (Å²) >= 11 is 1.77. The second kappa shape index (κ2) is 11.0. The number of aryl methyl sites for hydroxylation is 1. The molecule has 2 rings (SSSR count). The number of rotatable bonds is 8. The molecule has 0 aliphatic heterocycles. The molecule has 1 heterocycles. The number of benzene rings is 1. The highest BCUT2D eigenvalue weighted by atomic mass is 32.1. The van der Waals surface area contributed by atoms with Crippen LogP contribution in [0.4, 0.5) is 0 Å². The van der Waals surface area contributed by atoms with Gasteiger partial charge in [0.15, 0.2) is 5.96 Å². The molecule has 7 heteroatoms. The fourth-order valence-electron chi connectivity index (χ4n) is 2.65. The minimum atomic E-state index is -0.261. The number of nitrogens with zero attached hydrogens (tertiary/aromatic N) is 2. The van der Waals surface area contributed by atoms with Gasteiger partial charge in [-0.05, 0) is 51.8 Å². The Bertz CT molecular complexity index is 823. The van der Waals surface area contributed by atoms with Crippen LogP contribution >= 0.6 is 11.3 Å². The summed E-state index contributed by atoms with van der Waals surface area (Å²) in [6, 6.07) is 7.62. The molecule has 1 aromatic heterocycles. The number of hydrogen-bond acceptors (Lipinski definition) is 4. The number of nitrogens with one attached hydrogen (secondary N) is 3. The summed E-state index contributed by atoms with van der Waals surface area (Å²) in [5.41, 5.74) is 1.39. The first-order valence-electron chi connectivity index (χ1n) is 10.2.